The molecule has 0 amide bonds. The van der Waals surface area contributed by atoms with E-state index in [1.54, 1.807) is 12.4 Å². The number of guanidine groups is 1. The Kier molecular flexibility index (Phi) is 3.09. The van der Waals surface area contributed by atoms with Crippen LogP contribution in [0.1, 0.15) is 17.2 Å². The summed E-state index contributed by atoms with van der Waals surface area (Å²) >= 11 is 0. The van der Waals surface area contributed by atoms with Crippen LogP contribution in [0.15, 0.2) is 23.5 Å². The zero-order chi connectivity index (χ0) is 13.1. The van der Waals surface area contributed by atoms with Gasteiger partial charge in [-0.2, -0.15) is 0 Å². The summed E-state index contributed by atoms with van der Waals surface area (Å²) in [6.45, 7) is 0.390. The lowest BCUT2D eigenvalue weighted by Crippen LogP contribution is -2.24. The monoisotopic (exact) mass is 248 g/mol. The largest absolute Gasteiger partial charge is 0.385 e. The van der Waals surface area contributed by atoms with Crippen molar-refractivity contribution in [2.75, 3.05) is 18.0 Å². The first-order valence-corrected chi connectivity index (χ1v) is 5.36. The molecule has 0 aliphatic carbocycles. The predicted octanol–water partition coefficient (Wildman–Crippen LogP) is -0.692. The van der Waals surface area contributed by atoms with Crippen molar-refractivity contribution < 1.29 is 0 Å². The number of hydrogen-bond acceptors (Lipinski definition) is 4. The zero-order valence-electron chi connectivity index (χ0n) is 9.72. The lowest BCUT2D eigenvalue weighted by atomic mass is 9.99. The topological polar surface area (TPSA) is 161 Å². The maximum Gasteiger partial charge on any atom is 0.197 e. The minimum absolute atomic E-state index is 0.0380. The van der Waals surface area contributed by atoms with Crippen LogP contribution in [0, 0.1) is 0 Å². The third-order valence-electron chi connectivity index (χ3n) is 2.58. The molecule has 2 heterocycles. The average Bonchev–Trinajstić information content (AvgIpc) is 2.89. The van der Waals surface area contributed by atoms with Crippen molar-refractivity contribution in [2.24, 2.45) is 16.5 Å². The molecule has 0 bridgehead atoms. The molecule has 8 heteroatoms. The number of anilines is 2. The summed E-state index contributed by atoms with van der Waals surface area (Å²) in [6, 6.07) is 1.82. The Morgan fingerprint density at radius 3 is 2.67 bits per heavy atom. The first-order chi connectivity index (χ1) is 8.56. The number of nitrogens with two attached hydrogens (primary N) is 4. The maximum absolute atomic E-state index is 5.66. The van der Waals surface area contributed by atoms with Crippen LogP contribution in [0.25, 0.3) is 0 Å². The Morgan fingerprint density at radius 2 is 2.17 bits per heavy atom. The molecular weight excluding hydrogens is 232 g/mol. The number of nitrogens with zero attached hydrogens (tertiary/aromatic N) is 2. The first-order valence-electron chi connectivity index (χ1n) is 5.36. The summed E-state index contributed by atoms with van der Waals surface area (Å²) in [4.78, 5) is 13.9. The number of aromatic nitrogens is 3. The second-order valence-electron chi connectivity index (χ2n) is 3.93. The van der Waals surface area contributed by atoms with Gasteiger partial charge < -0.3 is 32.9 Å². The average molecular weight is 248 g/mol. The SMILES string of the molecule is NC(N)=NCC(c1c[nH]c(N)c1)c1cnc(N)[nH]1. The van der Waals surface area contributed by atoms with E-state index in [2.05, 4.69) is 19.9 Å². The molecule has 10 N–H and O–H groups in total. The fourth-order valence-electron chi connectivity index (χ4n) is 1.74. The summed E-state index contributed by atoms with van der Waals surface area (Å²) < 4.78 is 0. The van der Waals surface area contributed by atoms with Crippen LogP contribution in [-0.4, -0.2) is 27.5 Å². The lowest BCUT2D eigenvalue weighted by molar-refractivity contribution is 0.795. The number of aliphatic imine (C=N–C) groups is 1. The molecule has 0 aliphatic heterocycles. The highest BCUT2D eigenvalue weighted by molar-refractivity contribution is 5.75. The van der Waals surface area contributed by atoms with Crippen molar-refractivity contribution in [3.8, 4) is 0 Å². The van der Waals surface area contributed by atoms with E-state index in [-0.39, 0.29) is 11.9 Å². The van der Waals surface area contributed by atoms with E-state index in [1.165, 1.54) is 0 Å². The summed E-state index contributed by atoms with van der Waals surface area (Å²) in [6.07, 6.45) is 3.46. The van der Waals surface area contributed by atoms with E-state index in [0.29, 0.717) is 18.3 Å². The fraction of sp³-hybridized carbons (Fsp3) is 0.200. The van der Waals surface area contributed by atoms with E-state index < -0.39 is 0 Å². The van der Waals surface area contributed by atoms with Gasteiger partial charge in [0.25, 0.3) is 0 Å². The molecule has 0 saturated heterocycles. The lowest BCUT2D eigenvalue weighted by Gasteiger charge is -2.11. The van der Waals surface area contributed by atoms with Crippen LogP contribution in [0.4, 0.5) is 11.8 Å². The van der Waals surface area contributed by atoms with Crippen molar-refractivity contribution in [1.29, 1.82) is 0 Å². The fourth-order valence-corrected chi connectivity index (χ4v) is 1.74. The number of H-pyrrole nitrogens is 2. The zero-order valence-corrected chi connectivity index (χ0v) is 9.72. The summed E-state index contributed by atoms with van der Waals surface area (Å²) in [5.74, 6) is 0.886. The summed E-state index contributed by atoms with van der Waals surface area (Å²) in [5, 5.41) is 0. The number of hydrogen-bond donors (Lipinski definition) is 6. The Labute approximate surface area is 103 Å². The Morgan fingerprint density at radius 1 is 1.39 bits per heavy atom. The van der Waals surface area contributed by atoms with E-state index in [0.717, 1.165) is 11.3 Å². The van der Waals surface area contributed by atoms with Gasteiger partial charge in [-0.1, -0.05) is 0 Å². The summed E-state index contributed by atoms with van der Waals surface area (Å²) in [7, 11) is 0. The van der Waals surface area contributed by atoms with Crippen LogP contribution in [0.3, 0.4) is 0 Å². The molecule has 2 aromatic heterocycles. The third kappa shape index (κ3) is 2.54. The van der Waals surface area contributed by atoms with E-state index in [4.69, 9.17) is 22.9 Å². The molecule has 0 spiro atoms. The van der Waals surface area contributed by atoms with Gasteiger partial charge >= 0.3 is 0 Å². The highest BCUT2D eigenvalue weighted by Crippen LogP contribution is 2.25. The molecule has 0 fully saturated rings. The van der Waals surface area contributed by atoms with Crippen molar-refractivity contribution in [1.82, 2.24) is 15.0 Å². The molecule has 8 nitrogen and oxygen atoms in total. The van der Waals surface area contributed by atoms with Crippen LogP contribution in [0.2, 0.25) is 0 Å². The van der Waals surface area contributed by atoms with Gasteiger partial charge in [0.1, 0.15) is 5.82 Å². The molecule has 0 aromatic carbocycles. The van der Waals surface area contributed by atoms with Gasteiger partial charge in [0, 0.05) is 17.8 Å². The maximum atomic E-state index is 5.66. The second-order valence-corrected chi connectivity index (χ2v) is 3.93. The molecular formula is C10H16N8. The first kappa shape index (κ1) is 11.8. The Hall–Kier alpha value is -2.64. The molecule has 1 atom stereocenters. The standard InChI is InChI=1S/C10H16N8/c11-8-1-5(2-15-8)6(3-16-9(12)13)7-4-17-10(14)18-7/h1-2,4,6,15H,3,11H2,(H4,12,13,16)(H3,14,17,18). The van der Waals surface area contributed by atoms with Gasteiger partial charge in [-0.3, -0.25) is 4.99 Å². The van der Waals surface area contributed by atoms with Gasteiger partial charge in [-0.25, -0.2) is 4.98 Å². The van der Waals surface area contributed by atoms with Gasteiger partial charge in [0.15, 0.2) is 11.9 Å². The number of nitrogens with one attached hydrogen (secondary N) is 2. The number of imidazole rings is 1. The molecule has 0 saturated carbocycles. The van der Waals surface area contributed by atoms with Crippen molar-refractivity contribution >= 4 is 17.7 Å². The van der Waals surface area contributed by atoms with Gasteiger partial charge in [-0.05, 0) is 11.6 Å². The van der Waals surface area contributed by atoms with Gasteiger partial charge in [0.2, 0.25) is 0 Å². The van der Waals surface area contributed by atoms with Crippen LogP contribution in [0.5, 0.6) is 0 Å². The number of rotatable bonds is 4. The van der Waals surface area contributed by atoms with E-state index in [1.807, 2.05) is 6.07 Å². The number of nitrogen functional groups attached to an aromatic ring is 2. The smallest absolute Gasteiger partial charge is 0.197 e. The highest BCUT2D eigenvalue weighted by Gasteiger charge is 2.17. The Balaban J connectivity index is 2.31. The van der Waals surface area contributed by atoms with Crippen LogP contribution >= 0.6 is 0 Å². The molecule has 1 unspecified atom stereocenters. The molecule has 18 heavy (non-hydrogen) atoms. The minimum Gasteiger partial charge on any atom is -0.385 e. The quantitative estimate of drug-likeness (QED) is 0.311. The van der Waals surface area contributed by atoms with Gasteiger partial charge in [0.05, 0.1) is 12.7 Å². The predicted molar refractivity (Wildman–Crippen MR) is 70.7 cm³/mol. The molecule has 0 radical (unpaired) electrons. The van der Waals surface area contributed by atoms with Gasteiger partial charge in [-0.15, -0.1) is 0 Å². The third-order valence-corrected chi connectivity index (χ3v) is 2.58. The highest BCUT2D eigenvalue weighted by atomic mass is 15.0. The normalized spacial score (nSPS) is 12.2. The molecule has 96 valence electrons. The molecule has 0 aliphatic rings. The Bertz CT molecular complexity index is 507. The second kappa shape index (κ2) is 4.70. The van der Waals surface area contributed by atoms with Crippen LogP contribution in [-0.2, 0) is 0 Å². The van der Waals surface area contributed by atoms with E-state index >= 15 is 0 Å². The molecule has 2 rings (SSSR count). The minimum atomic E-state index is -0.0783. The van der Waals surface area contributed by atoms with Crippen molar-refractivity contribution in [3.05, 3.63) is 29.7 Å². The van der Waals surface area contributed by atoms with Crippen LogP contribution < -0.4 is 22.9 Å². The number of aromatic amines is 2. The summed E-state index contributed by atoms with van der Waals surface area (Å²) in [5.41, 5.74) is 23.7. The van der Waals surface area contributed by atoms with Crippen molar-refractivity contribution in [3.63, 3.8) is 0 Å². The molecule has 2 aromatic rings. The van der Waals surface area contributed by atoms with E-state index in [9.17, 15) is 0 Å². The van der Waals surface area contributed by atoms with Crippen molar-refractivity contribution in [2.45, 2.75) is 5.92 Å².